The van der Waals surface area contributed by atoms with Crippen LogP contribution in [0.1, 0.15) is 41.2 Å². The minimum Gasteiger partial charge on any atom is -0.443 e. The number of nitrogens with two attached hydrogens (primary N) is 1. The second-order valence-electron chi connectivity index (χ2n) is 9.87. The Bertz CT molecular complexity index is 1140. The minimum absolute atomic E-state index is 0.0149. The molecular weight excluding hydrogens is 463 g/mol. The largest absolute Gasteiger partial charge is 0.443 e. The first-order valence-corrected chi connectivity index (χ1v) is 11.7. The van der Waals surface area contributed by atoms with Crippen LogP contribution in [0.15, 0.2) is 18.2 Å². The third-order valence-corrected chi connectivity index (χ3v) is 7.51. The van der Waals surface area contributed by atoms with E-state index in [4.69, 9.17) is 22.1 Å². The number of aryl methyl sites for hydroxylation is 1. The zero-order valence-corrected chi connectivity index (χ0v) is 19.9. The molecule has 1 saturated carbocycles. The average molecular weight is 491 g/mol. The number of nitrogens with one attached hydrogen (secondary N) is 1. The smallest absolute Gasteiger partial charge is 0.410 e. The van der Waals surface area contributed by atoms with Gasteiger partial charge in [-0.05, 0) is 44.5 Å². The molecule has 34 heavy (non-hydrogen) atoms. The Balaban J connectivity index is 1.25. The summed E-state index contributed by atoms with van der Waals surface area (Å²) in [4.78, 5) is 29.4. The number of amides is 2. The molecule has 2 amide bonds. The second kappa shape index (κ2) is 8.42. The average Bonchev–Trinajstić information content (AvgIpc) is 3.30. The number of halogens is 2. The molecule has 3 aliphatic rings. The van der Waals surface area contributed by atoms with Gasteiger partial charge in [-0.15, -0.1) is 0 Å². The van der Waals surface area contributed by atoms with Crippen LogP contribution < -0.4 is 11.1 Å². The van der Waals surface area contributed by atoms with Crippen molar-refractivity contribution in [2.24, 2.45) is 12.5 Å². The van der Waals surface area contributed by atoms with E-state index in [1.165, 1.54) is 22.9 Å². The van der Waals surface area contributed by atoms with Crippen LogP contribution in [0, 0.1) is 11.2 Å². The molecule has 3 heterocycles. The van der Waals surface area contributed by atoms with Crippen LogP contribution in [0.3, 0.4) is 0 Å². The van der Waals surface area contributed by atoms with E-state index in [0.29, 0.717) is 30.0 Å². The van der Waals surface area contributed by atoms with Gasteiger partial charge in [0, 0.05) is 50.2 Å². The number of ether oxygens (including phenoxy) is 1. The molecule has 1 aromatic heterocycles. The first kappa shape index (κ1) is 22.9. The summed E-state index contributed by atoms with van der Waals surface area (Å²) in [6.07, 6.45) is 2.36. The van der Waals surface area contributed by atoms with E-state index in [0.717, 1.165) is 32.4 Å². The van der Waals surface area contributed by atoms with Crippen molar-refractivity contribution >= 4 is 35.1 Å². The standard InChI is InChI=1S/C23H28ClFN6O3/c1-29-9-15(10-29)34-22(33)31-11-23(12-31)6-5-13(8-23)19-18(20(26)30(2)28-19)21(32)27-14-3-4-17(25)16(24)7-14/h3-4,7,13,15H,5-6,8-12,26H2,1-2H3,(H,27,32). The van der Waals surface area contributed by atoms with Gasteiger partial charge in [0.05, 0.1) is 10.7 Å². The molecule has 1 atom stereocenters. The zero-order chi connectivity index (χ0) is 24.2. The van der Waals surface area contributed by atoms with Crippen molar-refractivity contribution in [3.63, 3.8) is 0 Å². The van der Waals surface area contributed by atoms with Gasteiger partial charge in [-0.25, -0.2) is 9.18 Å². The topological polar surface area (TPSA) is 106 Å². The van der Waals surface area contributed by atoms with Crippen molar-refractivity contribution in [1.29, 1.82) is 0 Å². The number of likely N-dealkylation sites (tertiary alicyclic amines) is 2. The third kappa shape index (κ3) is 4.09. The summed E-state index contributed by atoms with van der Waals surface area (Å²) in [6, 6.07) is 4.00. The summed E-state index contributed by atoms with van der Waals surface area (Å²) in [5.74, 6) is -0.644. The van der Waals surface area contributed by atoms with Crippen LogP contribution in [0.25, 0.3) is 0 Å². The molecule has 2 saturated heterocycles. The number of hydrogen-bond acceptors (Lipinski definition) is 6. The molecule has 182 valence electrons. The Hall–Kier alpha value is -2.85. The lowest BCUT2D eigenvalue weighted by molar-refractivity contribution is -0.0489. The molecule has 1 aliphatic carbocycles. The number of nitrogens with zero attached hydrogens (tertiary/aromatic N) is 4. The minimum atomic E-state index is -0.559. The normalized spacial score (nSPS) is 21.9. The fourth-order valence-electron chi connectivity index (χ4n) is 5.40. The fourth-order valence-corrected chi connectivity index (χ4v) is 5.58. The van der Waals surface area contributed by atoms with Gasteiger partial charge in [-0.2, -0.15) is 5.10 Å². The highest BCUT2D eigenvalue weighted by atomic mass is 35.5. The maximum absolute atomic E-state index is 13.5. The van der Waals surface area contributed by atoms with Crippen molar-refractivity contribution in [3.8, 4) is 0 Å². The maximum Gasteiger partial charge on any atom is 0.410 e. The van der Waals surface area contributed by atoms with Crippen molar-refractivity contribution in [1.82, 2.24) is 19.6 Å². The number of carbonyl (C=O) groups excluding carboxylic acids is 2. The molecule has 1 spiro atoms. The van der Waals surface area contributed by atoms with Gasteiger partial charge < -0.3 is 20.7 Å². The summed E-state index contributed by atoms with van der Waals surface area (Å²) in [7, 11) is 3.70. The van der Waals surface area contributed by atoms with E-state index in [1.807, 2.05) is 7.05 Å². The van der Waals surface area contributed by atoms with Crippen LogP contribution in [0.2, 0.25) is 5.02 Å². The molecule has 1 aromatic carbocycles. The van der Waals surface area contributed by atoms with Gasteiger partial charge in [0.1, 0.15) is 23.3 Å². The molecule has 0 bridgehead atoms. The number of aromatic nitrogens is 2. The monoisotopic (exact) mass is 490 g/mol. The van der Waals surface area contributed by atoms with Crippen molar-refractivity contribution in [2.75, 3.05) is 44.3 Å². The lowest BCUT2D eigenvalue weighted by Gasteiger charge is -2.48. The maximum atomic E-state index is 13.5. The Morgan fingerprint density at radius 2 is 2.03 bits per heavy atom. The summed E-state index contributed by atoms with van der Waals surface area (Å²) in [6.45, 7) is 2.87. The number of rotatable bonds is 4. The van der Waals surface area contributed by atoms with E-state index < -0.39 is 11.7 Å². The molecule has 1 unspecified atom stereocenters. The van der Waals surface area contributed by atoms with E-state index in [-0.39, 0.29) is 34.4 Å². The predicted molar refractivity (Wildman–Crippen MR) is 125 cm³/mol. The van der Waals surface area contributed by atoms with Crippen LogP contribution in [-0.2, 0) is 11.8 Å². The van der Waals surface area contributed by atoms with E-state index in [9.17, 15) is 14.0 Å². The lowest BCUT2D eigenvalue weighted by Crippen LogP contribution is -2.59. The SMILES string of the molecule is CN1CC(OC(=O)N2CC3(CCC(c4nn(C)c(N)c4C(=O)Nc4ccc(F)c(Cl)c4)C3)C2)C1. The molecule has 9 nitrogen and oxygen atoms in total. The zero-order valence-electron chi connectivity index (χ0n) is 19.2. The Morgan fingerprint density at radius 3 is 2.71 bits per heavy atom. The number of hydrogen-bond donors (Lipinski definition) is 2. The van der Waals surface area contributed by atoms with Crippen LogP contribution in [0.4, 0.5) is 20.7 Å². The van der Waals surface area contributed by atoms with Crippen LogP contribution in [-0.4, -0.2) is 70.9 Å². The van der Waals surface area contributed by atoms with Gasteiger partial charge in [0.25, 0.3) is 5.91 Å². The second-order valence-corrected chi connectivity index (χ2v) is 10.3. The number of anilines is 2. The molecular formula is C23H28ClFN6O3. The highest BCUT2D eigenvalue weighted by molar-refractivity contribution is 6.31. The summed E-state index contributed by atoms with van der Waals surface area (Å²) < 4.78 is 20.5. The number of benzene rings is 1. The molecule has 2 aromatic rings. The third-order valence-electron chi connectivity index (χ3n) is 7.22. The first-order chi connectivity index (χ1) is 16.1. The number of nitrogen functional groups attached to an aromatic ring is 1. The van der Waals surface area contributed by atoms with Gasteiger partial charge in [-0.3, -0.25) is 14.4 Å². The molecule has 2 aliphatic heterocycles. The Labute approximate surface area is 202 Å². The van der Waals surface area contributed by atoms with Gasteiger partial charge in [0.15, 0.2) is 0 Å². The first-order valence-electron chi connectivity index (χ1n) is 11.4. The molecule has 5 rings (SSSR count). The van der Waals surface area contributed by atoms with Crippen molar-refractivity contribution in [3.05, 3.63) is 40.3 Å². The van der Waals surface area contributed by atoms with Crippen LogP contribution >= 0.6 is 11.6 Å². The quantitative estimate of drug-likeness (QED) is 0.682. The van der Waals surface area contributed by atoms with E-state index in [2.05, 4.69) is 15.3 Å². The highest BCUT2D eigenvalue weighted by Gasteiger charge is 2.52. The number of likely N-dealkylation sites (N-methyl/N-ethyl adjacent to an activating group) is 1. The van der Waals surface area contributed by atoms with Crippen molar-refractivity contribution in [2.45, 2.75) is 31.3 Å². The molecule has 3 N–H and O–H groups in total. The molecule has 3 fully saturated rings. The highest BCUT2D eigenvalue weighted by Crippen LogP contribution is 2.52. The molecule has 0 radical (unpaired) electrons. The van der Waals surface area contributed by atoms with Gasteiger partial charge in [-0.1, -0.05) is 11.6 Å². The molecule has 11 heteroatoms. The summed E-state index contributed by atoms with van der Waals surface area (Å²) >= 11 is 5.84. The van der Waals surface area contributed by atoms with Crippen LogP contribution in [0.5, 0.6) is 0 Å². The number of carbonyl (C=O) groups is 2. The fraction of sp³-hybridized carbons (Fsp3) is 0.522. The summed E-state index contributed by atoms with van der Waals surface area (Å²) in [5, 5.41) is 7.24. The van der Waals surface area contributed by atoms with Crippen molar-refractivity contribution < 1.29 is 18.7 Å². The van der Waals surface area contributed by atoms with Gasteiger partial charge in [0.2, 0.25) is 0 Å². The van der Waals surface area contributed by atoms with E-state index in [1.54, 1.807) is 11.9 Å². The summed E-state index contributed by atoms with van der Waals surface area (Å²) in [5.41, 5.74) is 7.59. The Kier molecular flexibility index (Phi) is 5.68. The Morgan fingerprint density at radius 1 is 1.29 bits per heavy atom. The van der Waals surface area contributed by atoms with Gasteiger partial charge >= 0.3 is 6.09 Å². The lowest BCUT2D eigenvalue weighted by atomic mass is 9.77. The predicted octanol–water partition coefficient (Wildman–Crippen LogP) is 3.07. The van der Waals surface area contributed by atoms with E-state index >= 15 is 0 Å².